The first kappa shape index (κ1) is 13.7. The summed E-state index contributed by atoms with van der Waals surface area (Å²) in [6.07, 6.45) is 6.89. The number of aryl methyl sites for hydroxylation is 1. The molecule has 0 saturated heterocycles. The molecule has 0 aliphatic rings. The molecule has 2 N–H and O–H groups in total. The number of carbonyl (C=O) groups is 1. The molecule has 2 amide bonds. The fourth-order valence-corrected chi connectivity index (χ4v) is 1.86. The van der Waals surface area contributed by atoms with Gasteiger partial charge in [-0.15, -0.1) is 6.42 Å². The Morgan fingerprint density at radius 3 is 2.75 bits per heavy atom. The van der Waals surface area contributed by atoms with Crippen LogP contribution in [0.15, 0.2) is 36.5 Å². The summed E-state index contributed by atoms with van der Waals surface area (Å²) in [6, 6.07) is 9.31. The predicted octanol–water partition coefficient (Wildman–Crippen LogP) is 2.28. The first-order valence-corrected chi connectivity index (χ1v) is 6.23. The number of rotatable bonds is 3. The van der Waals surface area contributed by atoms with E-state index in [4.69, 9.17) is 6.42 Å². The van der Waals surface area contributed by atoms with Gasteiger partial charge in [0, 0.05) is 7.05 Å². The van der Waals surface area contributed by atoms with Crippen molar-refractivity contribution in [3.05, 3.63) is 47.7 Å². The maximum Gasteiger partial charge on any atom is 0.320 e. The van der Waals surface area contributed by atoms with Crippen LogP contribution in [-0.4, -0.2) is 15.8 Å². The minimum atomic E-state index is -0.318. The van der Waals surface area contributed by atoms with Crippen molar-refractivity contribution in [1.29, 1.82) is 0 Å². The van der Waals surface area contributed by atoms with Gasteiger partial charge in [-0.1, -0.05) is 36.3 Å². The van der Waals surface area contributed by atoms with Crippen molar-refractivity contribution in [2.75, 3.05) is 5.32 Å². The van der Waals surface area contributed by atoms with Crippen molar-refractivity contribution in [3.8, 4) is 12.3 Å². The fourth-order valence-electron chi connectivity index (χ4n) is 1.86. The molecule has 5 nitrogen and oxygen atoms in total. The molecule has 1 aromatic heterocycles. The lowest BCUT2D eigenvalue weighted by atomic mass is 10.1. The Bertz CT molecular complexity index is 640. The molecular formula is C15H16N4O. The summed E-state index contributed by atoms with van der Waals surface area (Å²) in [4.78, 5) is 12.0. The van der Waals surface area contributed by atoms with E-state index >= 15 is 0 Å². The smallest absolute Gasteiger partial charge is 0.320 e. The number of aromatic nitrogens is 2. The van der Waals surface area contributed by atoms with E-state index < -0.39 is 0 Å². The molecule has 0 bridgehead atoms. The van der Waals surface area contributed by atoms with Crippen LogP contribution in [0.1, 0.15) is 24.1 Å². The molecule has 0 saturated carbocycles. The average Bonchev–Trinajstić information content (AvgIpc) is 2.80. The third-order valence-corrected chi connectivity index (χ3v) is 2.97. The lowest BCUT2D eigenvalue weighted by Crippen LogP contribution is -2.32. The van der Waals surface area contributed by atoms with Gasteiger partial charge >= 0.3 is 6.03 Å². The SMILES string of the molecule is C#Cc1cnn(C)c1NC(=O)NC(C)c1ccccc1. The Labute approximate surface area is 118 Å². The number of nitrogens with zero attached hydrogens (tertiary/aromatic N) is 2. The highest BCUT2D eigenvalue weighted by Crippen LogP contribution is 2.14. The van der Waals surface area contributed by atoms with Crippen LogP contribution in [0.5, 0.6) is 0 Å². The normalized spacial score (nSPS) is 11.4. The maximum atomic E-state index is 12.0. The highest BCUT2D eigenvalue weighted by atomic mass is 16.2. The molecule has 0 radical (unpaired) electrons. The van der Waals surface area contributed by atoms with Crippen LogP contribution in [0.2, 0.25) is 0 Å². The summed E-state index contributed by atoms with van der Waals surface area (Å²) in [5.41, 5.74) is 1.58. The Balaban J connectivity index is 2.03. The third kappa shape index (κ3) is 2.98. The van der Waals surface area contributed by atoms with E-state index in [1.807, 2.05) is 37.3 Å². The van der Waals surface area contributed by atoms with Crippen molar-refractivity contribution in [3.63, 3.8) is 0 Å². The molecule has 1 unspecified atom stereocenters. The zero-order valence-corrected chi connectivity index (χ0v) is 11.4. The zero-order valence-electron chi connectivity index (χ0n) is 11.4. The molecule has 0 spiro atoms. The van der Waals surface area contributed by atoms with E-state index in [2.05, 4.69) is 21.7 Å². The summed E-state index contributed by atoms with van der Waals surface area (Å²) in [7, 11) is 1.72. The predicted molar refractivity (Wildman–Crippen MR) is 78.2 cm³/mol. The molecule has 0 aliphatic carbocycles. The second-order valence-corrected chi connectivity index (χ2v) is 4.41. The van der Waals surface area contributed by atoms with Gasteiger partial charge < -0.3 is 5.32 Å². The van der Waals surface area contributed by atoms with Crippen molar-refractivity contribution < 1.29 is 4.79 Å². The molecular weight excluding hydrogens is 252 g/mol. The average molecular weight is 268 g/mol. The molecule has 2 rings (SSSR count). The molecule has 0 aliphatic heterocycles. The van der Waals surface area contributed by atoms with E-state index in [1.54, 1.807) is 7.05 Å². The number of nitrogens with one attached hydrogen (secondary N) is 2. The summed E-state index contributed by atoms with van der Waals surface area (Å²) in [5.74, 6) is 2.99. The highest BCUT2D eigenvalue weighted by Gasteiger charge is 2.13. The van der Waals surface area contributed by atoms with Crippen molar-refractivity contribution in [1.82, 2.24) is 15.1 Å². The Hall–Kier alpha value is -2.74. The fraction of sp³-hybridized carbons (Fsp3) is 0.200. The number of carbonyl (C=O) groups excluding carboxylic acids is 1. The molecule has 0 fully saturated rings. The molecule has 1 atom stereocenters. The van der Waals surface area contributed by atoms with Gasteiger partial charge in [0.15, 0.2) is 0 Å². The number of urea groups is 1. The Kier molecular flexibility index (Phi) is 4.06. The first-order chi connectivity index (χ1) is 9.61. The van der Waals surface area contributed by atoms with Gasteiger partial charge in [0.1, 0.15) is 5.82 Å². The van der Waals surface area contributed by atoms with Crippen LogP contribution < -0.4 is 10.6 Å². The molecule has 2 aromatic rings. The summed E-state index contributed by atoms with van der Waals surface area (Å²) in [6.45, 7) is 1.92. The largest absolute Gasteiger partial charge is 0.331 e. The van der Waals surface area contributed by atoms with Crippen LogP contribution in [-0.2, 0) is 7.05 Å². The zero-order chi connectivity index (χ0) is 14.5. The van der Waals surface area contributed by atoms with Crippen LogP contribution in [0, 0.1) is 12.3 Å². The quantitative estimate of drug-likeness (QED) is 0.839. The van der Waals surface area contributed by atoms with E-state index in [0.29, 0.717) is 11.4 Å². The number of benzene rings is 1. The summed E-state index contributed by atoms with van der Waals surface area (Å²) < 4.78 is 1.53. The van der Waals surface area contributed by atoms with Gasteiger partial charge in [-0.2, -0.15) is 5.10 Å². The molecule has 102 valence electrons. The van der Waals surface area contributed by atoms with Gasteiger partial charge in [0.25, 0.3) is 0 Å². The Morgan fingerprint density at radius 2 is 2.10 bits per heavy atom. The third-order valence-electron chi connectivity index (χ3n) is 2.97. The van der Waals surface area contributed by atoms with Gasteiger partial charge in [-0.25, -0.2) is 4.79 Å². The summed E-state index contributed by atoms with van der Waals surface area (Å²) >= 11 is 0. The van der Waals surface area contributed by atoms with E-state index in [1.165, 1.54) is 10.9 Å². The van der Waals surface area contributed by atoms with Crippen molar-refractivity contribution in [2.45, 2.75) is 13.0 Å². The number of anilines is 1. The molecule has 20 heavy (non-hydrogen) atoms. The monoisotopic (exact) mass is 268 g/mol. The topological polar surface area (TPSA) is 59.0 Å². The lowest BCUT2D eigenvalue weighted by molar-refractivity contribution is 0.249. The second kappa shape index (κ2) is 5.93. The standard InChI is InChI=1S/C15H16N4O/c1-4-12-10-16-19(3)14(12)18-15(20)17-11(2)13-8-6-5-7-9-13/h1,5-11H,2-3H3,(H2,17,18,20). The number of amides is 2. The molecule has 1 heterocycles. The molecule has 5 heteroatoms. The van der Waals surface area contributed by atoms with E-state index in [9.17, 15) is 4.79 Å². The Morgan fingerprint density at radius 1 is 1.40 bits per heavy atom. The van der Waals surface area contributed by atoms with Crippen LogP contribution in [0.4, 0.5) is 10.6 Å². The van der Waals surface area contributed by atoms with E-state index in [0.717, 1.165) is 5.56 Å². The molecule has 1 aromatic carbocycles. The number of terminal acetylenes is 1. The van der Waals surface area contributed by atoms with E-state index in [-0.39, 0.29) is 12.1 Å². The minimum Gasteiger partial charge on any atom is -0.331 e. The minimum absolute atomic E-state index is 0.0984. The number of hydrogen-bond acceptors (Lipinski definition) is 2. The summed E-state index contributed by atoms with van der Waals surface area (Å²) in [5, 5.41) is 9.58. The van der Waals surface area contributed by atoms with Crippen LogP contribution in [0.25, 0.3) is 0 Å². The highest BCUT2D eigenvalue weighted by molar-refractivity contribution is 5.90. The van der Waals surface area contributed by atoms with Gasteiger partial charge in [-0.05, 0) is 12.5 Å². The maximum absolute atomic E-state index is 12.0. The van der Waals surface area contributed by atoms with Crippen LogP contribution in [0.3, 0.4) is 0 Å². The van der Waals surface area contributed by atoms with Crippen LogP contribution >= 0.6 is 0 Å². The van der Waals surface area contributed by atoms with Gasteiger partial charge in [0.2, 0.25) is 0 Å². The van der Waals surface area contributed by atoms with Crippen molar-refractivity contribution in [2.24, 2.45) is 7.05 Å². The van der Waals surface area contributed by atoms with Crippen molar-refractivity contribution >= 4 is 11.8 Å². The number of hydrogen-bond donors (Lipinski definition) is 2. The first-order valence-electron chi connectivity index (χ1n) is 6.23. The van der Waals surface area contributed by atoms with Gasteiger partial charge in [-0.3, -0.25) is 10.00 Å². The van der Waals surface area contributed by atoms with Gasteiger partial charge in [0.05, 0.1) is 17.8 Å². The lowest BCUT2D eigenvalue weighted by Gasteiger charge is -2.15. The second-order valence-electron chi connectivity index (χ2n) is 4.41.